The summed E-state index contributed by atoms with van der Waals surface area (Å²) in [6, 6.07) is 15.3. The summed E-state index contributed by atoms with van der Waals surface area (Å²) < 4.78 is 0. The molecular formula is C17H16. The van der Waals surface area contributed by atoms with Gasteiger partial charge in [0, 0.05) is 0 Å². The Morgan fingerprint density at radius 2 is 1.76 bits per heavy atom. The van der Waals surface area contributed by atoms with Gasteiger partial charge in [0.15, 0.2) is 0 Å². The first kappa shape index (κ1) is 10.3. The van der Waals surface area contributed by atoms with Crippen molar-refractivity contribution in [2.24, 2.45) is 0 Å². The van der Waals surface area contributed by atoms with Crippen molar-refractivity contribution < 1.29 is 0 Å². The molecule has 0 fully saturated rings. The molecule has 2 aromatic rings. The molecule has 0 N–H and O–H groups in total. The highest BCUT2D eigenvalue weighted by Gasteiger charge is 2.04. The summed E-state index contributed by atoms with van der Waals surface area (Å²) in [4.78, 5) is 0. The highest BCUT2D eigenvalue weighted by Crippen LogP contribution is 2.27. The minimum atomic E-state index is 1.17. The number of fused-ring (bicyclic) bond motifs is 1. The Morgan fingerprint density at radius 1 is 0.941 bits per heavy atom. The predicted molar refractivity (Wildman–Crippen MR) is 74.9 cm³/mol. The van der Waals surface area contributed by atoms with Crippen molar-refractivity contribution in [2.75, 3.05) is 0 Å². The minimum Gasteiger partial charge on any atom is -0.0763 e. The van der Waals surface area contributed by atoms with Crippen LogP contribution in [0.15, 0.2) is 60.2 Å². The molecule has 0 bridgehead atoms. The van der Waals surface area contributed by atoms with Crippen LogP contribution in [0.5, 0.6) is 0 Å². The summed E-state index contributed by atoms with van der Waals surface area (Å²) in [6.45, 7) is 2.22. The van der Waals surface area contributed by atoms with Gasteiger partial charge in [0.25, 0.3) is 0 Å². The van der Waals surface area contributed by atoms with Gasteiger partial charge in [-0.05, 0) is 47.7 Å². The normalized spacial score (nSPS) is 15.6. The van der Waals surface area contributed by atoms with Crippen molar-refractivity contribution >= 4 is 16.3 Å². The van der Waals surface area contributed by atoms with E-state index in [2.05, 4.69) is 61.5 Å². The highest BCUT2D eigenvalue weighted by atomic mass is 14.1. The Labute approximate surface area is 102 Å². The Hall–Kier alpha value is -1.82. The van der Waals surface area contributed by atoms with Crippen molar-refractivity contribution in [1.29, 1.82) is 0 Å². The van der Waals surface area contributed by atoms with Gasteiger partial charge >= 0.3 is 0 Å². The third-order valence-electron chi connectivity index (χ3n) is 3.39. The lowest BCUT2D eigenvalue weighted by molar-refractivity contribution is 0.966. The van der Waals surface area contributed by atoms with Crippen molar-refractivity contribution in [3.63, 3.8) is 0 Å². The standard InChI is InChI=1S/C17H16/c1-13-5-4-8-15(11-13)17-10-9-14-6-2-3-7-16(14)12-17/h2-3,6-12H,4-5H2,1H3. The number of benzene rings is 2. The fourth-order valence-electron chi connectivity index (χ4n) is 2.42. The zero-order chi connectivity index (χ0) is 11.7. The Kier molecular flexibility index (Phi) is 2.56. The van der Waals surface area contributed by atoms with E-state index in [1.807, 2.05) is 0 Å². The Balaban J connectivity index is 2.09. The lowest BCUT2D eigenvalue weighted by Gasteiger charge is -2.11. The maximum absolute atomic E-state index is 2.34. The molecule has 1 aliphatic rings. The van der Waals surface area contributed by atoms with Crippen molar-refractivity contribution in [2.45, 2.75) is 19.8 Å². The van der Waals surface area contributed by atoms with Gasteiger partial charge in [0.2, 0.25) is 0 Å². The van der Waals surface area contributed by atoms with Gasteiger partial charge in [-0.25, -0.2) is 0 Å². The van der Waals surface area contributed by atoms with E-state index in [1.165, 1.54) is 40.3 Å². The summed E-state index contributed by atoms with van der Waals surface area (Å²) in [5.74, 6) is 0. The lowest BCUT2D eigenvalue weighted by Crippen LogP contribution is -1.89. The predicted octanol–water partition coefficient (Wildman–Crippen LogP) is 4.96. The molecular weight excluding hydrogens is 204 g/mol. The zero-order valence-electron chi connectivity index (χ0n) is 10.1. The molecule has 0 aromatic heterocycles. The van der Waals surface area contributed by atoms with Crippen LogP contribution in [0.25, 0.3) is 16.3 Å². The van der Waals surface area contributed by atoms with Gasteiger partial charge in [0.05, 0.1) is 0 Å². The van der Waals surface area contributed by atoms with Crippen LogP contribution >= 0.6 is 0 Å². The molecule has 0 nitrogen and oxygen atoms in total. The van der Waals surface area contributed by atoms with Crippen LogP contribution in [0.3, 0.4) is 0 Å². The topological polar surface area (TPSA) is 0 Å². The quantitative estimate of drug-likeness (QED) is 0.637. The summed E-state index contributed by atoms with van der Waals surface area (Å²) >= 11 is 0. The van der Waals surface area contributed by atoms with Gasteiger partial charge in [-0.2, -0.15) is 0 Å². The minimum absolute atomic E-state index is 1.17. The van der Waals surface area contributed by atoms with E-state index in [9.17, 15) is 0 Å². The SMILES string of the molecule is CC1=CC(c2ccc3ccccc3c2)=CCC1. The Morgan fingerprint density at radius 3 is 2.59 bits per heavy atom. The average molecular weight is 220 g/mol. The molecule has 84 valence electrons. The molecule has 0 amide bonds. The molecule has 0 heterocycles. The third kappa shape index (κ3) is 2.03. The molecule has 0 saturated heterocycles. The summed E-state index contributed by atoms with van der Waals surface area (Å²) in [5, 5.41) is 2.64. The number of hydrogen-bond acceptors (Lipinski definition) is 0. The second-order valence-corrected chi connectivity index (χ2v) is 4.75. The lowest BCUT2D eigenvalue weighted by atomic mass is 9.94. The highest BCUT2D eigenvalue weighted by molar-refractivity contribution is 5.88. The maximum Gasteiger partial charge on any atom is -0.0178 e. The maximum atomic E-state index is 2.34. The number of rotatable bonds is 1. The second-order valence-electron chi connectivity index (χ2n) is 4.75. The summed E-state index contributed by atoms with van der Waals surface area (Å²) in [7, 11) is 0. The van der Waals surface area contributed by atoms with Crippen LogP contribution in [0, 0.1) is 0 Å². The first-order valence-corrected chi connectivity index (χ1v) is 6.19. The van der Waals surface area contributed by atoms with Crippen LogP contribution < -0.4 is 0 Å². The van der Waals surface area contributed by atoms with Crippen molar-refractivity contribution in [1.82, 2.24) is 0 Å². The average Bonchev–Trinajstić information content (AvgIpc) is 2.38. The van der Waals surface area contributed by atoms with Crippen LogP contribution in [0.1, 0.15) is 25.3 Å². The van der Waals surface area contributed by atoms with E-state index < -0.39 is 0 Å². The van der Waals surface area contributed by atoms with Crippen LogP contribution in [0.4, 0.5) is 0 Å². The van der Waals surface area contributed by atoms with Gasteiger partial charge < -0.3 is 0 Å². The third-order valence-corrected chi connectivity index (χ3v) is 3.39. The largest absolute Gasteiger partial charge is 0.0763 e. The van der Waals surface area contributed by atoms with E-state index in [0.717, 1.165) is 0 Å². The molecule has 0 aliphatic heterocycles. The number of hydrogen-bond donors (Lipinski definition) is 0. The number of allylic oxidation sites excluding steroid dienone is 4. The van der Waals surface area contributed by atoms with Crippen molar-refractivity contribution in [3.8, 4) is 0 Å². The molecule has 1 aliphatic carbocycles. The summed E-state index contributed by atoms with van der Waals surface area (Å²) in [6.07, 6.45) is 7.03. The second kappa shape index (κ2) is 4.21. The molecule has 0 heteroatoms. The molecule has 17 heavy (non-hydrogen) atoms. The van der Waals surface area contributed by atoms with E-state index in [4.69, 9.17) is 0 Å². The molecule has 0 radical (unpaired) electrons. The molecule has 2 aromatic carbocycles. The van der Waals surface area contributed by atoms with E-state index in [0.29, 0.717) is 0 Å². The van der Waals surface area contributed by atoms with Crippen LogP contribution in [-0.4, -0.2) is 0 Å². The van der Waals surface area contributed by atoms with Gasteiger partial charge in [-0.3, -0.25) is 0 Å². The fraction of sp³-hybridized carbons (Fsp3) is 0.176. The van der Waals surface area contributed by atoms with Crippen molar-refractivity contribution in [3.05, 3.63) is 65.8 Å². The molecule has 3 rings (SSSR count). The molecule has 0 atom stereocenters. The molecule has 0 saturated carbocycles. The van der Waals surface area contributed by atoms with E-state index in [-0.39, 0.29) is 0 Å². The molecule has 0 unspecified atom stereocenters. The summed E-state index contributed by atoms with van der Waals surface area (Å²) in [5.41, 5.74) is 4.19. The molecule has 0 spiro atoms. The van der Waals surface area contributed by atoms with Crippen LogP contribution in [0.2, 0.25) is 0 Å². The van der Waals surface area contributed by atoms with Crippen LogP contribution in [-0.2, 0) is 0 Å². The van der Waals surface area contributed by atoms with E-state index in [1.54, 1.807) is 0 Å². The monoisotopic (exact) mass is 220 g/mol. The smallest absolute Gasteiger partial charge is 0.0178 e. The van der Waals surface area contributed by atoms with Gasteiger partial charge in [-0.15, -0.1) is 0 Å². The van der Waals surface area contributed by atoms with E-state index >= 15 is 0 Å². The van der Waals surface area contributed by atoms with Gasteiger partial charge in [0.1, 0.15) is 0 Å². The van der Waals surface area contributed by atoms with Gasteiger partial charge in [-0.1, -0.05) is 54.1 Å². The zero-order valence-corrected chi connectivity index (χ0v) is 10.1. The Bertz CT molecular complexity index is 615. The first-order chi connectivity index (χ1) is 8.33. The fourth-order valence-corrected chi connectivity index (χ4v) is 2.42. The first-order valence-electron chi connectivity index (χ1n) is 6.19.